The van der Waals surface area contributed by atoms with Gasteiger partial charge in [0.15, 0.2) is 0 Å². The fourth-order valence-corrected chi connectivity index (χ4v) is 3.05. The highest BCUT2D eigenvalue weighted by Gasteiger charge is 2.13. The second kappa shape index (κ2) is 7.51. The van der Waals surface area contributed by atoms with Crippen LogP contribution in [0.3, 0.4) is 0 Å². The molecule has 5 N–H and O–H groups in total. The smallest absolute Gasteiger partial charge is 0.341 e. The first kappa shape index (κ1) is 18.5. The number of carboxylic acids is 1. The Bertz CT molecular complexity index is 1110. The van der Waals surface area contributed by atoms with Gasteiger partial charge in [0, 0.05) is 22.6 Å². The SMILES string of the molecule is Nc1cccc(CC(=O)NCc2cc(Cl)cc3cc(C(=O)O)c(=O)[nH]c23)c1. The lowest BCUT2D eigenvalue weighted by atomic mass is 10.1. The molecule has 0 aliphatic rings. The van der Waals surface area contributed by atoms with E-state index in [1.54, 1.807) is 36.4 Å². The number of anilines is 1. The van der Waals surface area contributed by atoms with Crippen LogP contribution in [-0.2, 0) is 17.8 Å². The lowest BCUT2D eigenvalue weighted by Crippen LogP contribution is -2.25. The van der Waals surface area contributed by atoms with E-state index in [0.717, 1.165) is 5.56 Å². The minimum absolute atomic E-state index is 0.126. The highest BCUT2D eigenvalue weighted by Crippen LogP contribution is 2.22. The van der Waals surface area contributed by atoms with E-state index in [1.165, 1.54) is 6.07 Å². The summed E-state index contributed by atoms with van der Waals surface area (Å²) in [5, 5.41) is 12.7. The van der Waals surface area contributed by atoms with Gasteiger partial charge >= 0.3 is 5.97 Å². The van der Waals surface area contributed by atoms with E-state index in [4.69, 9.17) is 22.4 Å². The Morgan fingerprint density at radius 2 is 1.96 bits per heavy atom. The van der Waals surface area contributed by atoms with Crippen molar-refractivity contribution in [2.45, 2.75) is 13.0 Å². The Balaban J connectivity index is 1.84. The van der Waals surface area contributed by atoms with Crippen LogP contribution in [0.15, 0.2) is 47.3 Å². The van der Waals surface area contributed by atoms with Crippen LogP contribution in [0, 0.1) is 0 Å². The Kier molecular flexibility index (Phi) is 5.14. The van der Waals surface area contributed by atoms with Crippen molar-refractivity contribution in [1.82, 2.24) is 10.3 Å². The Morgan fingerprint density at radius 1 is 1.19 bits per heavy atom. The van der Waals surface area contributed by atoms with Crippen LogP contribution in [0.1, 0.15) is 21.5 Å². The number of hydrogen-bond acceptors (Lipinski definition) is 4. The van der Waals surface area contributed by atoms with Crippen LogP contribution < -0.4 is 16.6 Å². The molecule has 27 heavy (non-hydrogen) atoms. The van der Waals surface area contributed by atoms with Crippen LogP contribution in [-0.4, -0.2) is 22.0 Å². The van der Waals surface area contributed by atoms with Gasteiger partial charge in [0.25, 0.3) is 5.56 Å². The number of carbonyl (C=O) groups excluding carboxylic acids is 1. The molecule has 0 aliphatic carbocycles. The van der Waals surface area contributed by atoms with Gasteiger partial charge in [-0.15, -0.1) is 0 Å². The first-order valence-corrected chi connectivity index (χ1v) is 8.41. The first-order chi connectivity index (χ1) is 12.8. The minimum atomic E-state index is -1.32. The topological polar surface area (TPSA) is 125 Å². The number of hydrogen-bond donors (Lipinski definition) is 4. The summed E-state index contributed by atoms with van der Waals surface area (Å²) in [6, 6.07) is 11.5. The molecule has 8 heteroatoms. The zero-order valence-electron chi connectivity index (χ0n) is 14.1. The predicted molar refractivity (Wildman–Crippen MR) is 103 cm³/mol. The maximum atomic E-state index is 12.2. The number of rotatable bonds is 5. The number of carboxylic acid groups (broad SMARTS) is 1. The number of nitrogens with one attached hydrogen (secondary N) is 2. The molecule has 0 saturated heterocycles. The van der Waals surface area contributed by atoms with Gasteiger partial charge in [0.05, 0.1) is 11.9 Å². The number of benzene rings is 2. The Labute approximate surface area is 158 Å². The number of H-pyrrole nitrogens is 1. The predicted octanol–water partition coefficient (Wildman–Crippen LogP) is 2.32. The second-order valence-electron chi connectivity index (χ2n) is 6.04. The van der Waals surface area contributed by atoms with E-state index in [2.05, 4.69) is 10.3 Å². The molecule has 0 radical (unpaired) electrons. The zero-order chi connectivity index (χ0) is 19.6. The van der Waals surface area contributed by atoms with E-state index >= 15 is 0 Å². The lowest BCUT2D eigenvalue weighted by molar-refractivity contribution is -0.120. The summed E-state index contributed by atoms with van der Waals surface area (Å²) in [6.45, 7) is 0.126. The number of aromatic carboxylic acids is 1. The van der Waals surface area contributed by atoms with Gasteiger partial charge < -0.3 is 21.1 Å². The van der Waals surface area contributed by atoms with E-state index in [1.807, 2.05) is 0 Å². The number of nitrogen functional groups attached to an aromatic ring is 1. The van der Waals surface area contributed by atoms with Crippen molar-refractivity contribution in [2.24, 2.45) is 0 Å². The fraction of sp³-hybridized carbons (Fsp3) is 0.105. The molecule has 0 unspecified atom stereocenters. The molecule has 3 rings (SSSR count). The fourth-order valence-electron chi connectivity index (χ4n) is 2.80. The minimum Gasteiger partial charge on any atom is -0.477 e. The van der Waals surface area contributed by atoms with Gasteiger partial charge in [0.2, 0.25) is 5.91 Å². The number of carbonyl (C=O) groups is 2. The van der Waals surface area contributed by atoms with Crippen molar-refractivity contribution in [1.29, 1.82) is 0 Å². The van der Waals surface area contributed by atoms with Crippen LogP contribution in [0.2, 0.25) is 5.02 Å². The first-order valence-electron chi connectivity index (χ1n) is 8.03. The van der Waals surface area contributed by atoms with Gasteiger partial charge in [-0.1, -0.05) is 23.7 Å². The molecule has 1 heterocycles. The number of aromatic nitrogens is 1. The summed E-state index contributed by atoms with van der Waals surface area (Å²) in [5.41, 5.74) is 6.98. The van der Waals surface area contributed by atoms with Crippen molar-refractivity contribution >= 4 is 40.1 Å². The van der Waals surface area contributed by atoms with E-state index in [9.17, 15) is 14.4 Å². The van der Waals surface area contributed by atoms with Crippen LogP contribution >= 0.6 is 11.6 Å². The molecule has 138 valence electrons. The highest BCUT2D eigenvalue weighted by atomic mass is 35.5. The molecule has 1 aromatic heterocycles. The standard InChI is InChI=1S/C19H16ClN3O4/c20-13-6-11-8-15(19(26)27)18(25)23-17(11)12(7-13)9-22-16(24)5-10-2-1-3-14(21)4-10/h1-4,6-8H,5,9,21H2,(H,22,24)(H,23,25)(H,26,27). The maximum Gasteiger partial charge on any atom is 0.341 e. The summed E-state index contributed by atoms with van der Waals surface area (Å²) >= 11 is 6.09. The third-order valence-electron chi connectivity index (χ3n) is 4.02. The average molecular weight is 386 g/mol. The molecule has 0 spiro atoms. The molecule has 0 aliphatic heterocycles. The summed E-state index contributed by atoms with van der Waals surface area (Å²) < 4.78 is 0. The van der Waals surface area contributed by atoms with Gasteiger partial charge in [-0.25, -0.2) is 4.79 Å². The zero-order valence-corrected chi connectivity index (χ0v) is 14.8. The van der Waals surface area contributed by atoms with E-state index in [0.29, 0.717) is 27.2 Å². The van der Waals surface area contributed by atoms with Crippen molar-refractivity contribution in [3.05, 3.63) is 74.5 Å². The number of halogens is 1. The summed E-state index contributed by atoms with van der Waals surface area (Å²) in [4.78, 5) is 37.8. The Morgan fingerprint density at radius 3 is 2.67 bits per heavy atom. The van der Waals surface area contributed by atoms with Crippen molar-refractivity contribution in [2.75, 3.05) is 5.73 Å². The molecule has 0 fully saturated rings. The van der Waals surface area contributed by atoms with Gasteiger partial charge in [0.1, 0.15) is 5.56 Å². The average Bonchev–Trinajstić information content (AvgIpc) is 2.59. The van der Waals surface area contributed by atoms with Crippen LogP contribution in [0.4, 0.5) is 5.69 Å². The lowest BCUT2D eigenvalue weighted by Gasteiger charge is -2.10. The van der Waals surface area contributed by atoms with Crippen molar-refractivity contribution in [3.8, 4) is 0 Å². The highest BCUT2D eigenvalue weighted by molar-refractivity contribution is 6.31. The normalized spacial score (nSPS) is 10.7. The maximum absolute atomic E-state index is 12.2. The molecule has 7 nitrogen and oxygen atoms in total. The van der Waals surface area contributed by atoms with Crippen molar-refractivity contribution in [3.63, 3.8) is 0 Å². The molecular weight excluding hydrogens is 370 g/mol. The number of pyridine rings is 1. The monoisotopic (exact) mass is 385 g/mol. The van der Waals surface area contributed by atoms with Gasteiger partial charge in [-0.3, -0.25) is 9.59 Å². The largest absolute Gasteiger partial charge is 0.477 e. The molecular formula is C19H16ClN3O4. The number of nitrogens with two attached hydrogens (primary N) is 1. The molecule has 0 saturated carbocycles. The quantitative estimate of drug-likeness (QED) is 0.501. The Hall–Kier alpha value is -3.32. The third kappa shape index (κ3) is 4.27. The molecule has 0 bridgehead atoms. The van der Waals surface area contributed by atoms with Crippen molar-refractivity contribution < 1.29 is 14.7 Å². The second-order valence-corrected chi connectivity index (χ2v) is 6.48. The third-order valence-corrected chi connectivity index (χ3v) is 4.24. The van der Waals surface area contributed by atoms with E-state index in [-0.39, 0.29) is 24.4 Å². The van der Waals surface area contributed by atoms with E-state index < -0.39 is 11.5 Å². The molecule has 0 atom stereocenters. The molecule has 1 amide bonds. The number of aromatic amines is 1. The molecule has 2 aromatic carbocycles. The number of fused-ring (bicyclic) bond motifs is 1. The summed E-state index contributed by atoms with van der Waals surface area (Å²) in [6.07, 6.45) is 0.156. The summed E-state index contributed by atoms with van der Waals surface area (Å²) in [5.74, 6) is -1.55. The number of amides is 1. The van der Waals surface area contributed by atoms with Crippen LogP contribution in [0.25, 0.3) is 10.9 Å². The summed E-state index contributed by atoms with van der Waals surface area (Å²) in [7, 11) is 0. The van der Waals surface area contributed by atoms with Gasteiger partial charge in [-0.2, -0.15) is 0 Å². The van der Waals surface area contributed by atoms with Crippen LogP contribution in [0.5, 0.6) is 0 Å². The van der Waals surface area contributed by atoms with Gasteiger partial charge in [-0.05, 0) is 41.5 Å². The molecule has 3 aromatic rings.